The topological polar surface area (TPSA) is 33.7 Å². The van der Waals surface area contributed by atoms with Gasteiger partial charge in [0.05, 0.1) is 13.2 Å². The van der Waals surface area contributed by atoms with Gasteiger partial charge in [0.15, 0.2) is 0 Å². The minimum absolute atomic E-state index is 0.395. The van der Waals surface area contributed by atoms with E-state index in [-0.39, 0.29) is 0 Å². The molecule has 1 unspecified atom stereocenters. The van der Waals surface area contributed by atoms with E-state index < -0.39 is 0 Å². The zero-order valence-electron chi connectivity index (χ0n) is 9.88. The molecule has 0 radical (unpaired) electrons. The lowest BCUT2D eigenvalue weighted by molar-refractivity contribution is 0.107. The Balaban J connectivity index is 3.51. The van der Waals surface area contributed by atoms with Gasteiger partial charge in [-0.25, -0.2) is 0 Å². The first-order valence-electron chi connectivity index (χ1n) is 5.17. The van der Waals surface area contributed by atoms with Crippen molar-refractivity contribution in [3.8, 4) is 0 Å². The summed E-state index contributed by atoms with van der Waals surface area (Å²) in [5.74, 6) is 0. The van der Waals surface area contributed by atoms with Gasteiger partial charge >= 0.3 is 0 Å². The van der Waals surface area contributed by atoms with Gasteiger partial charge in [-0.1, -0.05) is 0 Å². The third kappa shape index (κ3) is 7.26. The van der Waals surface area contributed by atoms with E-state index in [1.165, 1.54) is 0 Å². The van der Waals surface area contributed by atoms with E-state index in [4.69, 9.17) is 9.47 Å². The third-order valence-corrected chi connectivity index (χ3v) is 2.13. The molecule has 1 atom stereocenters. The Morgan fingerprint density at radius 3 is 2.64 bits per heavy atom. The van der Waals surface area contributed by atoms with Crippen LogP contribution in [0.4, 0.5) is 0 Å². The second-order valence-electron chi connectivity index (χ2n) is 3.40. The maximum Gasteiger partial charge on any atom is 0.0628 e. The van der Waals surface area contributed by atoms with E-state index in [0.717, 1.165) is 32.9 Å². The molecule has 0 fully saturated rings. The summed E-state index contributed by atoms with van der Waals surface area (Å²) >= 11 is 0. The molecule has 0 spiro atoms. The van der Waals surface area contributed by atoms with E-state index in [2.05, 4.69) is 17.3 Å². The molecule has 0 rings (SSSR count). The number of nitrogens with zero attached hydrogens (tertiary/aromatic N) is 1. The molecule has 0 saturated carbocycles. The standard InChI is InChI=1S/C10H24N2O2/c1-5-14-7-6-12(3)8-10(11-2)9-13-4/h10-11H,5-9H2,1-4H3. The quantitative estimate of drug-likeness (QED) is 0.544. The summed E-state index contributed by atoms with van der Waals surface area (Å²) in [4.78, 5) is 2.25. The molecule has 0 bridgehead atoms. The van der Waals surface area contributed by atoms with Crippen molar-refractivity contribution in [2.75, 3.05) is 54.1 Å². The van der Waals surface area contributed by atoms with Gasteiger partial charge < -0.3 is 19.7 Å². The summed E-state index contributed by atoms with van der Waals surface area (Å²) in [6.45, 7) is 6.31. The Hall–Kier alpha value is -0.160. The molecule has 0 aromatic heterocycles. The van der Waals surface area contributed by atoms with E-state index in [9.17, 15) is 0 Å². The maximum atomic E-state index is 5.29. The summed E-state index contributed by atoms with van der Waals surface area (Å²) in [5.41, 5.74) is 0. The molecule has 0 amide bonds. The van der Waals surface area contributed by atoms with Gasteiger partial charge in [-0.3, -0.25) is 0 Å². The van der Waals surface area contributed by atoms with Crippen molar-refractivity contribution in [3.63, 3.8) is 0 Å². The molecule has 4 nitrogen and oxygen atoms in total. The number of hydrogen-bond donors (Lipinski definition) is 1. The van der Waals surface area contributed by atoms with E-state index in [1.807, 2.05) is 14.0 Å². The highest BCUT2D eigenvalue weighted by Crippen LogP contribution is 1.90. The highest BCUT2D eigenvalue weighted by molar-refractivity contribution is 4.67. The van der Waals surface area contributed by atoms with Crippen molar-refractivity contribution in [2.45, 2.75) is 13.0 Å². The average Bonchev–Trinajstić information content (AvgIpc) is 2.17. The molecular weight excluding hydrogens is 180 g/mol. The summed E-state index contributed by atoms with van der Waals surface area (Å²) in [5, 5.41) is 3.22. The minimum atomic E-state index is 0.395. The molecule has 0 aliphatic heterocycles. The first-order chi connectivity index (χ1) is 6.74. The number of nitrogens with one attached hydrogen (secondary N) is 1. The zero-order valence-corrected chi connectivity index (χ0v) is 9.88. The van der Waals surface area contributed by atoms with Crippen molar-refractivity contribution in [1.29, 1.82) is 0 Å². The molecule has 0 saturated heterocycles. The molecule has 0 aromatic rings. The van der Waals surface area contributed by atoms with Gasteiger partial charge in [-0.2, -0.15) is 0 Å². The summed E-state index contributed by atoms with van der Waals surface area (Å²) in [6.07, 6.45) is 0. The molecule has 14 heavy (non-hydrogen) atoms. The van der Waals surface area contributed by atoms with Gasteiger partial charge in [0, 0.05) is 32.8 Å². The summed E-state index contributed by atoms with van der Waals surface area (Å²) in [6, 6.07) is 0.395. The number of hydrogen-bond acceptors (Lipinski definition) is 4. The van der Waals surface area contributed by atoms with Gasteiger partial charge in [-0.05, 0) is 21.0 Å². The Morgan fingerprint density at radius 1 is 1.43 bits per heavy atom. The van der Waals surface area contributed by atoms with Crippen LogP contribution in [-0.2, 0) is 9.47 Å². The van der Waals surface area contributed by atoms with Gasteiger partial charge in [-0.15, -0.1) is 0 Å². The lowest BCUT2D eigenvalue weighted by atomic mass is 10.3. The smallest absolute Gasteiger partial charge is 0.0628 e. The Morgan fingerprint density at radius 2 is 2.14 bits per heavy atom. The maximum absolute atomic E-state index is 5.29. The van der Waals surface area contributed by atoms with Crippen LogP contribution >= 0.6 is 0 Å². The van der Waals surface area contributed by atoms with Crippen LogP contribution in [0.5, 0.6) is 0 Å². The largest absolute Gasteiger partial charge is 0.383 e. The first kappa shape index (κ1) is 13.8. The highest BCUT2D eigenvalue weighted by atomic mass is 16.5. The third-order valence-electron chi connectivity index (χ3n) is 2.13. The first-order valence-corrected chi connectivity index (χ1v) is 5.17. The summed E-state index contributed by atoms with van der Waals surface area (Å²) < 4.78 is 10.4. The van der Waals surface area contributed by atoms with Crippen molar-refractivity contribution in [2.24, 2.45) is 0 Å². The number of rotatable bonds is 9. The molecule has 1 N–H and O–H groups in total. The average molecular weight is 204 g/mol. The van der Waals surface area contributed by atoms with Gasteiger partial charge in [0.2, 0.25) is 0 Å². The fourth-order valence-electron chi connectivity index (χ4n) is 1.26. The Bertz CT molecular complexity index is 123. The molecule has 4 heteroatoms. The van der Waals surface area contributed by atoms with Crippen molar-refractivity contribution >= 4 is 0 Å². The highest BCUT2D eigenvalue weighted by Gasteiger charge is 2.08. The fourth-order valence-corrected chi connectivity index (χ4v) is 1.26. The number of methoxy groups -OCH3 is 1. The van der Waals surface area contributed by atoms with Crippen LogP contribution in [0.3, 0.4) is 0 Å². The van der Waals surface area contributed by atoms with Crippen LogP contribution in [0, 0.1) is 0 Å². The monoisotopic (exact) mass is 204 g/mol. The SMILES string of the molecule is CCOCCN(C)CC(COC)NC. The van der Waals surface area contributed by atoms with E-state index in [1.54, 1.807) is 7.11 Å². The number of ether oxygens (including phenoxy) is 2. The van der Waals surface area contributed by atoms with Crippen LogP contribution in [0.15, 0.2) is 0 Å². The molecular formula is C10H24N2O2. The lowest BCUT2D eigenvalue weighted by Crippen LogP contribution is -2.41. The second kappa shape index (κ2) is 9.40. The van der Waals surface area contributed by atoms with Crippen LogP contribution < -0.4 is 5.32 Å². The van der Waals surface area contributed by atoms with Crippen LogP contribution in [-0.4, -0.2) is 65.1 Å². The molecule has 86 valence electrons. The molecule has 0 aromatic carbocycles. The van der Waals surface area contributed by atoms with Gasteiger partial charge in [0.1, 0.15) is 0 Å². The predicted molar refractivity (Wildman–Crippen MR) is 58.7 cm³/mol. The van der Waals surface area contributed by atoms with Crippen LogP contribution in [0.1, 0.15) is 6.92 Å². The zero-order chi connectivity index (χ0) is 10.8. The van der Waals surface area contributed by atoms with E-state index >= 15 is 0 Å². The van der Waals surface area contributed by atoms with Crippen molar-refractivity contribution in [3.05, 3.63) is 0 Å². The van der Waals surface area contributed by atoms with Crippen molar-refractivity contribution in [1.82, 2.24) is 10.2 Å². The predicted octanol–water partition coefficient (Wildman–Crippen LogP) is 0.189. The van der Waals surface area contributed by atoms with Crippen molar-refractivity contribution < 1.29 is 9.47 Å². The Labute approximate surface area is 87.6 Å². The van der Waals surface area contributed by atoms with Crippen LogP contribution in [0.25, 0.3) is 0 Å². The van der Waals surface area contributed by atoms with Crippen LogP contribution in [0.2, 0.25) is 0 Å². The molecule has 0 heterocycles. The molecule has 0 aliphatic carbocycles. The second-order valence-corrected chi connectivity index (χ2v) is 3.40. The number of likely N-dealkylation sites (N-methyl/N-ethyl adjacent to an activating group) is 2. The fraction of sp³-hybridized carbons (Fsp3) is 1.00. The van der Waals surface area contributed by atoms with Gasteiger partial charge in [0.25, 0.3) is 0 Å². The van der Waals surface area contributed by atoms with E-state index in [0.29, 0.717) is 6.04 Å². The summed E-state index contributed by atoms with van der Waals surface area (Å²) in [7, 11) is 5.78. The molecule has 0 aliphatic rings. The normalized spacial score (nSPS) is 13.5. The Kier molecular flexibility index (Phi) is 9.29. The lowest BCUT2D eigenvalue weighted by Gasteiger charge is -2.22. The minimum Gasteiger partial charge on any atom is -0.383 e.